The Morgan fingerprint density at radius 3 is 2.59 bits per heavy atom. The van der Waals surface area contributed by atoms with Crippen molar-refractivity contribution in [2.45, 2.75) is 38.3 Å². The molecule has 2 atom stereocenters. The van der Waals surface area contributed by atoms with Crippen LogP contribution in [0.15, 0.2) is 16.6 Å². The van der Waals surface area contributed by atoms with Crippen LogP contribution in [-0.4, -0.2) is 37.7 Å². The zero-order valence-electron chi connectivity index (χ0n) is 12.7. The van der Waals surface area contributed by atoms with Gasteiger partial charge in [-0.15, -0.1) is 0 Å². The molecular formula is C16H18BrNO4. The summed E-state index contributed by atoms with van der Waals surface area (Å²) in [6.07, 6.45) is 1.92. The Balaban J connectivity index is 2.65. The molecule has 1 heterocycles. The smallest absolute Gasteiger partial charge is 0.337 e. The zero-order chi connectivity index (χ0) is 16.4. The summed E-state index contributed by atoms with van der Waals surface area (Å²) >= 11 is 3.49. The predicted octanol–water partition coefficient (Wildman–Crippen LogP) is 2.70. The molecule has 0 amide bonds. The van der Waals surface area contributed by atoms with E-state index in [4.69, 9.17) is 4.74 Å². The average Bonchev–Trinajstić information content (AvgIpc) is 2.81. The highest BCUT2D eigenvalue weighted by Crippen LogP contribution is 2.47. The van der Waals surface area contributed by atoms with E-state index in [0.717, 1.165) is 28.3 Å². The van der Waals surface area contributed by atoms with E-state index in [9.17, 15) is 14.4 Å². The maximum absolute atomic E-state index is 11.8. The molecule has 0 spiro atoms. The van der Waals surface area contributed by atoms with E-state index in [-0.39, 0.29) is 18.4 Å². The first-order chi connectivity index (χ1) is 10.5. The number of methoxy groups -OCH3 is 1. The SMILES string of the molecule is COC(=O)c1cc(Br)c2c(c1)C(CC=O)C(C=O)N2C(C)C. The first-order valence-corrected chi connectivity index (χ1v) is 7.84. The predicted molar refractivity (Wildman–Crippen MR) is 86.4 cm³/mol. The number of carbonyl (C=O) groups is 3. The fourth-order valence-corrected chi connectivity index (χ4v) is 3.75. The van der Waals surface area contributed by atoms with E-state index < -0.39 is 12.0 Å². The van der Waals surface area contributed by atoms with Crippen molar-refractivity contribution >= 4 is 40.2 Å². The second kappa shape index (κ2) is 6.60. The molecule has 0 aliphatic carbocycles. The Bertz CT molecular complexity index is 614. The number of ether oxygens (including phenoxy) is 1. The van der Waals surface area contributed by atoms with Gasteiger partial charge in [0.25, 0.3) is 0 Å². The second-order valence-corrected chi connectivity index (χ2v) is 6.38. The highest BCUT2D eigenvalue weighted by atomic mass is 79.9. The third kappa shape index (κ3) is 2.67. The third-order valence-electron chi connectivity index (χ3n) is 3.95. The van der Waals surface area contributed by atoms with Crippen molar-refractivity contribution in [3.63, 3.8) is 0 Å². The van der Waals surface area contributed by atoms with E-state index in [1.54, 1.807) is 12.1 Å². The lowest BCUT2D eigenvalue weighted by atomic mass is 9.92. The van der Waals surface area contributed by atoms with Crippen LogP contribution in [0.2, 0.25) is 0 Å². The van der Waals surface area contributed by atoms with E-state index in [1.807, 2.05) is 18.7 Å². The van der Waals surface area contributed by atoms with Gasteiger partial charge in [-0.1, -0.05) is 0 Å². The molecule has 0 aromatic heterocycles. The van der Waals surface area contributed by atoms with Crippen LogP contribution >= 0.6 is 15.9 Å². The minimum atomic E-state index is -0.445. The quantitative estimate of drug-likeness (QED) is 0.591. The van der Waals surface area contributed by atoms with E-state index in [0.29, 0.717) is 5.56 Å². The van der Waals surface area contributed by atoms with Crippen molar-refractivity contribution < 1.29 is 19.1 Å². The lowest BCUT2D eigenvalue weighted by Gasteiger charge is -2.30. The third-order valence-corrected chi connectivity index (χ3v) is 4.56. The van der Waals surface area contributed by atoms with E-state index in [1.165, 1.54) is 7.11 Å². The Morgan fingerprint density at radius 1 is 1.41 bits per heavy atom. The molecule has 0 saturated heterocycles. The van der Waals surface area contributed by atoms with Crippen molar-refractivity contribution in [3.05, 3.63) is 27.7 Å². The van der Waals surface area contributed by atoms with Crippen LogP contribution in [0.1, 0.15) is 42.1 Å². The first kappa shape index (κ1) is 16.7. The molecule has 1 aromatic rings. The summed E-state index contributed by atoms with van der Waals surface area (Å²) in [6, 6.07) is 3.08. The Labute approximate surface area is 137 Å². The summed E-state index contributed by atoms with van der Waals surface area (Å²) in [5.74, 6) is -0.702. The Morgan fingerprint density at radius 2 is 2.09 bits per heavy atom. The number of fused-ring (bicyclic) bond motifs is 1. The summed E-state index contributed by atoms with van der Waals surface area (Å²) in [6.45, 7) is 3.98. The molecule has 118 valence electrons. The van der Waals surface area contributed by atoms with Gasteiger partial charge in [-0.3, -0.25) is 0 Å². The highest BCUT2D eigenvalue weighted by Gasteiger charge is 2.41. The fourth-order valence-electron chi connectivity index (χ4n) is 3.07. The molecule has 22 heavy (non-hydrogen) atoms. The number of anilines is 1. The molecule has 0 radical (unpaired) electrons. The minimum absolute atomic E-state index is 0.0888. The molecule has 5 nitrogen and oxygen atoms in total. The largest absolute Gasteiger partial charge is 0.465 e. The molecule has 1 aliphatic rings. The molecule has 0 saturated carbocycles. The normalized spacial score (nSPS) is 20.0. The topological polar surface area (TPSA) is 63.7 Å². The molecule has 2 unspecified atom stereocenters. The number of aldehydes is 2. The molecule has 1 aliphatic heterocycles. The summed E-state index contributed by atoms with van der Waals surface area (Å²) in [7, 11) is 1.32. The van der Waals surface area contributed by atoms with Crippen LogP contribution in [0.4, 0.5) is 5.69 Å². The van der Waals surface area contributed by atoms with Gasteiger partial charge >= 0.3 is 5.97 Å². The molecule has 1 aromatic carbocycles. The average molecular weight is 368 g/mol. The molecule has 0 bridgehead atoms. The van der Waals surface area contributed by atoms with Gasteiger partial charge in [-0.2, -0.15) is 0 Å². The van der Waals surface area contributed by atoms with Crippen LogP contribution in [0.3, 0.4) is 0 Å². The second-order valence-electron chi connectivity index (χ2n) is 5.52. The van der Waals surface area contributed by atoms with Crippen molar-refractivity contribution in [1.29, 1.82) is 0 Å². The number of hydrogen-bond donors (Lipinski definition) is 0. The lowest BCUT2D eigenvalue weighted by Crippen LogP contribution is -2.40. The van der Waals surface area contributed by atoms with Gasteiger partial charge in [-0.25, -0.2) is 4.79 Å². The van der Waals surface area contributed by atoms with Crippen molar-refractivity contribution in [3.8, 4) is 0 Å². The van der Waals surface area contributed by atoms with Crippen molar-refractivity contribution in [1.82, 2.24) is 0 Å². The number of carbonyl (C=O) groups excluding carboxylic acids is 3. The van der Waals surface area contributed by atoms with E-state index >= 15 is 0 Å². The number of hydrogen-bond acceptors (Lipinski definition) is 5. The van der Waals surface area contributed by atoms with Gasteiger partial charge < -0.3 is 19.2 Å². The van der Waals surface area contributed by atoms with Crippen LogP contribution in [0, 0.1) is 0 Å². The van der Waals surface area contributed by atoms with E-state index in [2.05, 4.69) is 15.9 Å². The number of rotatable bonds is 5. The van der Waals surface area contributed by atoms with Gasteiger partial charge in [0.2, 0.25) is 0 Å². The highest BCUT2D eigenvalue weighted by molar-refractivity contribution is 9.10. The Kier molecular flexibility index (Phi) is 5.01. The molecule has 0 fully saturated rings. The standard InChI is InChI=1S/C16H18BrNO4/c1-9(2)18-14(8-20)11(4-5-19)12-6-10(16(21)22-3)7-13(17)15(12)18/h5-9,11,14H,4H2,1-3H3. The summed E-state index contributed by atoms with van der Waals surface area (Å²) in [4.78, 5) is 36.4. The zero-order valence-corrected chi connectivity index (χ0v) is 14.3. The minimum Gasteiger partial charge on any atom is -0.465 e. The van der Waals surface area contributed by atoms with Gasteiger partial charge in [0.15, 0.2) is 0 Å². The van der Waals surface area contributed by atoms with Crippen LogP contribution in [0.5, 0.6) is 0 Å². The molecule has 0 N–H and O–H groups in total. The van der Waals surface area contributed by atoms with Crippen LogP contribution in [0.25, 0.3) is 0 Å². The van der Waals surface area contributed by atoms with Crippen molar-refractivity contribution in [2.24, 2.45) is 0 Å². The number of benzene rings is 1. The molecule has 6 heteroatoms. The maximum Gasteiger partial charge on any atom is 0.337 e. The number of halogens is 1. The molecule has 2 rings (SSSR count). The first-order valence-electron chi connectivity index (χ1n) is 7.05. The summed E-state index contributed by atoms with van der Waals surface area (Å²) in [5, 5.41) is 0. The summed E-state index contributed by atoms with van der Waals surface area (Å²) < 4.78 is 5.48. The maximum atomic E-state index is 11.8. The fraction of sp³-hybridized carbons (Fsp3) is 0.438. The number of esters is 1. The molecular weight excluding hydrogens is 350 g/mol. The number of nitrogens with zero attached hydrogens (tertiary/aromatic N) is 1. The van der Waals surface area contributed by atoms with Crippen LogP contribution < -0.4 is 4.90 Å². The van der Waals surface area contributed by atoms with Gasteiger partial charge in [0.05, 0.1) is 24.4 Å². The lowest BCUT2D eigenvalue weighted by molar-refractivity contribution is -0.110. The van der Waals surface area contributed by atoms with Gasteiger partial charge in [0.1, 0.15) is 12.6 Å². The monoisotopic (exact) mass is 367 g/mol. The van der Waals surface area contributed by atoms with Crippen molar-refractivity contribution in [2.75, 3.05) is 12.0 Å². The Hall–Kier alpha value is -1.69. The van der Waals surface area contributed by atoms with Gasteiger partial charge in [0, 0.05) is 22.9 Å². The summed E-state index contributed by atoms with van der Waals surface area (Å²) in [5.41, 5.74) is 2.10. The van der Waals surface area contributed by atoms with Gasteiger partial charge in [-0.05, 0) is 47.5 Å². The van der Waals surface area contributed by atoms with Crippen LogP contribution in [-0.2, 0) is 14.3 Å².